The molecule has 1 rings (SSSR count). The summed E-state index contributed by atoms with van der Waals surface area (Å²) in [4.78, 5) is 21.5. The van der Waals surface area contributed by atoms with E-state index in [0.29, 0.717) is 0 Å². The maximum absolute atomic E-state index is 11.1. The summed E-state index contributed by atoms with van der Waals surface area (Å²) < 4.78 is 4.76. The summed E-state index contributed by atoms with van der Waals surface area (Å²) in [5.74, 6) is -1.00. The zero-order valence-corrected chi connectivity index (χ0v) is 7.51. The number of carbonyl (C=O) groups is 2. The van der Waals surface area contributed by atoms with Gasteiger partial charge < -0.3 is 4.42 Å². The Labute approximate surface area is 79.0 Å². The zero-order chi connectivity index (χ0) is 9.84. The second kappa shape index (κ2) is 3.95. The van der Waals surface area contributed by atoms with Gasteiger partial charge in [-0.05, 0) is 6.07 Å². The Bertz CT molecular complexity index is 334. The lowest BCUT2D eigenvalue weighted by Crippen LogP contribution is -2.40. The number of hydrogen-bond acceptors (Lipinski definition) is 3. The molecule has 0 atom stereocenters. The number of nitrogens with one attached hydrogen (secondary N) is 2. The lowest BCUT2D eigenvalue weighted by atomic mass is 10.4. The molecule has 0 radical (unpaired) electrons. The Kier molecular flexibility index (Phi) is 2.92. The van der Waals surface area contributed by atoms with Crippen LogP contribution in [0.25, 0.3) is 0 Å². The highest BCUT2D eigenvalue weighted by molar-refractivity contribution is 6.33. The van der Waals surface area contributed by atoms with E-state index in [-0.39, 0.29) is 16.7 Å². The molecule has 1 heterocycles. The van der Waals surface area contributed by atoms with Crippen LogP contribution in [0.15, 0.2) is 16.7 Å². The van der Waals surface area contributed by atoms with Crippen LogP contribution in [0.1, 0.15) is 17.5 Å². The van der Waals surface area contributed by atoms with E-state index >= 15 is 0 Å². The number of hydrazine groups is 1. The first-order chi connectivity index (χ1) is 6.11. The Morgan fingerprint density at radius 3 is 2.62 bits per heavy atom. The molecule has 0 saturated heterocycles. The third-order valence-corrected chi connectivity index (χ3v) is 1.47. The molecule has 13 heavy (non-hydrogen) atoms. The highest BCUT2D eigenvalue weighted by Gasteiger charge is 2.13. The topological polar surface area (TPSA) is 71.3 Å². The van der Waals surface area contributed by atoms with Crippen molar-refractivity contribution >= 4 is 23.4 Å². The summed E-state index contributed by atoms with van der Waals surface area (Å²) in [6.45, 7) is 1.27. The van der Waals surface area contributed by atoms with Crippen LogP contribution in [0.3, 0.4) is 0 Å². The van der Waals surface area contributed by atoms with Crippen molar-refractivity contribution in [3.63, 3.8) is 0 Å². The monoisotopic (exact) mass is 202 g/mol. The van der Waals surface area contributed by atoms with E-state index in [1.807, 2.05) is 0 Å². The van der Waals surface area contributed by atoms with Crippen LogP contribution in [-0.4, -0.2) is 11.8 Å². The molecule has 5 nitrogen and oxygen atoms in total. The average molecular weight is 203 g/mol. The molecule has 1 aromatic rings. The molecule has 1 aromatic heterocycles. The fourth-order valence-electron chi connectivity index (χ4n) is 0.657. The van der Waals surface area contributed by atoms with Gasteiger partial charge in [-0.15, -0.1) is 0 Å². The van der Waals surface area contributed by atoms with Gasteiger partial charge in [0.2, 0.25) is 11.7 Å². The molecule has 0 bridgehead atoms. The molecule has 0 aliphatic rings. The van der Waals surface area contributed by atoms with Crippen molar-refractivity contribution in [2.24, 2.45) is 0 Å². The van der Waals surface area contributed by atoms with Crippen molar-refractivity contribution < 1.29 is 14.0 Å². The van der Waals surface area contributed by atoms with Crippen LogP contribution in [0.5, 0.6) is 0 Å². The largest absolute Gasteiger partial charge is 0.457 e. The van der Waals surface area contributed by atoms with Gasteiger partial charge in [0.15, 0.2) is 0 Å². The van der Waals surface area contributed by atoms with Crippen LogP contribution in [0.4, 0.5) is 0 Å². The second-order valence-electron chi connectivity index (χ2n) is 2.23. The molecule has 0 fully saturated rings. The van der Waals surface area contributed by atoms with Crippen molar-refractivity contribution in [2.45, 2.75) is 6.92 Å². The van der Waals surface area contributed by atoms with E-state index < -0.39 is 5.91 Å². The summed E-state index contributed by atoms with van der Waals surface area (Å²) in [6, 6.07) is 1.43. The molecule has 0 unspecified atom stereocenters. The van der Waals surface area contributed by atoms with Crippen molar-refractivity contribution in [3.05, 3.63) is 23.1 Å². The maximum atomic E-state index is 11.1. The second-order valence-corrected chi connectivity index (χ2v) is 2.64. The predicted octanol–water partition coefficient (Wildman–Crippen LogP) is 0.714. The highest BCUT2D eigenvalue weighted by atomic mass is 35.5. The number of amides is 2. The standard InChI is InChI=1S/C7H7ClN2O3/c1-4(11)9-10-7(12)6-5(8)2-3-13-6/h2-3H,1H3,(H,9,11)(H,10,12). The third kappa shape index (κ3) is 2.48. The molecule has 0 saturated carbocycles. The van der Waals surface area contributed by atoms with Gasteiger partial charge in [-0.3, -0.25) is 20.4 Å². The lowest BCUT2D eigenvalue weighted by molar-refractivity contribution is -0.119. The van der Waals surface area contributed by atoms with Crippen molar-refractivity contribution in [1.29, 1.82) is 0 Å². The molecule has 0 aliphatic heterocycles. The van der Waals surface area contributed by atoms with Crippen LogP contribution >= 0.6 is 11.6 Å². The zero-order valence-electron chi connectivity index (χ0n) is 6.76. The number of halogens is 1. The van der Waals surface area contributed by atoms with E-state index in [1.54, 1.807) is 0 Å². The Hall–Kier alpha value is -1.49. The van der Waals surface area contributed by atoms with Gasteiger partial charge >= 0.3 is 5.91 Å². The molecule has 0 aliphatic carbocycles. The van der Waals surface area contributed by atoms with Crippen LogP contribution in [-0.2, 0) is 4.79 Å². The van der Waals surface area contributed by atoms with Gasteiger partial charge in [-0.2, -0.15) is 0 Å². The smallest absolute Gasteiger partial charge is 0.306 e. The minimum absolute atomic E-state index is 0.0320. The molecule has 2 amide bonds. The van der Waals surface area contributed by atoms with Gasteiger partial charge in [0, 0.05) is 6.92 Å². The minimum Gasteiger partial charge on any atom is -0.457 e. The Morgan fingerprint density at radius 1 is 1.46 bits per heavy atom. The summed E-state index contributed by atoms with van der Waals surface area (Å²) >= 11 is 5.58. The van der Waals surface area contributed by atoms with Gasteiger partial charge in [-0.25, -0.2) is 0 Å². The number of furan rings is 1. The van der Waals surface area contributed by atoms with Crippen molar-refractivity contribution in [3.8, 4) is 0 Å². The van der Waals surface area contributed by atoms with E-state index in [1.165, 1.54) is 19.3 Å². The van der Waals surface area contributed by atoms with Gasteiger partial charge in [0.1, 0.15) is 0 Å². The van der Waals surface area contributed by atoms with Gasteiger partial charge in [0.05, 0.1) is 11.3 Å². The first kappa shape index (κ1) is 9.60. The fraction of sp³-hybridized carbons (Fsp3) is 0.143. The van der Waals surface area contributed by atoms with E-state index in [9.17, 15) is 9.59 Å². The van der Waals surface area contributed by atoms with Gasteiger partial charge in [0.25, 0.3) is 0 Å². The first-order valence-electron chi connectivity index (χ1n) is 3.41. The Morgan fingerprint density at radius 2 is 2.15 bits per heavy atom. The molecular weight excluding hydrogens is 196 g/mol. The minimum atomic E-state index is -0.592. The maximum Gasteiger partial charge on any atom is 0.306 e. The molecule has 0 spiro atoms. The number of carbonyl (C=O) groups excluding carboxylic acids is 2. The van der Waals surface area contributed by atoms with Gasteiger partial charge in [-0.1, -0.05) is 11.6 Å². The quantitative estimate of drug-likeness (QED) is 0.659. The average Bonchev–Trinajstić information content (AvgIpc) is 2.47. The van der Waals surface area contributed by atoms with Crippen LogP contribution in [0, 0.1) is 0 Å². The van der Waals surface area contributed by atoms with E-state index in [0.717, 1.165) is 0 Å². The SMILES string of the molecule is CC(=O)NNC(=O)c1occc1Cl. The third-order valence-electron chi connectivity index (χ3n) is 1.18. The summed E-state index contributed by atoms with van der Waals surface area (Å²) in [5, 5.41) is 0.197. The molecule has 70 valence electrons. The highest BCUT2D eigenvalue weighted by Crippen LogP contribution is 2.15. The summed E-state index contributed by atoms with van der Waals surface area (Å²) in [6.07, 6.45) is 1.28. The lowest BCUT2D eigenvalue weighted by Gasteiger charge is -2.01. The van der Waals surface area contributed by atoms with Crippen molar-refractivity contribution in [1.82, 2.24) is 10.9 Å². The molecule has 6 heteroatoms. The molecule has 0 aromatic carbocycles. The van der Waals surface area contributed by atoms with E-state index in [4.69, 9.17) is 16.0 Å². The normalized spacial score (nSPS) is 9.38. The number of hydrogen-bond donors (Lipinski definition) is 2. The Balaban J connectivity index is 2.59. The van der Waals surface area contributed by atoms with Crippen LogP contribution < -0.4 is 10.9 Å². The summed E-state index contributed by atoms with van der Waals surface area (Å²) in [5.41, 5.74) is 4.21. The van der Waals surface area contributed by atoms with E-state index in [2.05, 4.69) is 10.9 Å². The first-order valence-corrected chi connectivity index (χ1v) is 3.79. The fourth-order valence-corrected chi connectivity index (χ4v) is 0.839. The molecule has 2 N–H and O–H groups in total. The van der Waals surface area contributed by atoms with Crippen molar-refractivity contribution in [2.75, 3.05) is 0 Å². The number of rotatable bonds is 1. The van der Waals surface area contributed by atoms with Crippen LogP contribution in [0.2, 0.25) is 5.02 Å². The predicted molar refractivity (Wildman–Crippen MR) is 45.0 cm³/mol. The summed E-state index contributed by atoms with van der Waals surface area (Å²) in [7, 11) is 0. The molecular formula is C7H7ClN2O3.